The molecule has 0 saturated carbocycles. The fourth-order valence-electron chi connectivity index (χ4n) is 1.89. The summed E-state index contributed by atoms with van der Waals surface area (Å²) in [4.78, 5) is 16.1. The largest absolute Gasteiger partial charge is 0.394 e. The van der Waals surface area contributed by atoms with E-state index in [4.69, 9.17) is 5.11 Å². The highest BCUT2D eigenvalue weighted by Gasteiger charge is 2.18. The molecule has 2 rings (SSSR count). The number of aliphatic hydroxyl groups is 1. The maximum Gasteiger partial charge on any atom is 0.222 e. The van der Waals surface area contributed by atoms with Crippen LogP contribution in [0.4, 0.5) is 0 Å². The molecule has 0 aliphatic rings. The Kier molecular flexibility index (Phi) is 3.85. The summed E-state index contributed by atoms with van der Waals surface area (Å²) in [6.45, 7) is 4.08. The molecular formula is C14H19N3O2. The normalized spacial score (nSPS) is 11.7. The Morgan fingerprint density at radius 3 is 2.89 bits per heavy atom. The van der Waals surface area contributed by atoms with Crippen molar-refractivity contribution in [1.29, 1.82) is 0 Å². The molecule has 1 aromatic carbocycles. The minimum absolute atomic E-state index is 0.0724. The van der Waals surface area contributed by atoms with Crippen LogP contribution in [-0.2, 0) is 11.3 Å². The summed E-state index contributed by atoms with van der Waals surface area (Å²) in [6.07, 6.45) is 2.11. The monoisotopic (exact) mass is 261 g/mol. The highest BCUT2D eigenvalue weighted by molar-refractivity contribution is 5.78. The van der Waals surface area contributed by atoms with Gasteiger partial charge in [-0.15, -0.1) is 0 Å². The van der Waals surface area contributed by atoms with Crippen LogP contribution in [0.5, 0.6) is 0 Å². The highest BCUT2D eigenvalue weighted by Crippen LogP contribution is 2.12. The summed E-state index contributed by atoms with van der Waals surface area (Å²) in [6, 6.07) is 7.82. The first-order valence-corrected chi connectivity index (χ1v) is 6.33. The second kappa shape index (κ2) is 5.40. The van der Waals surface area contributed by atoms with E-state index in [-0.39, 0.29) is 12.5 Å². The van der Waals surface area contributed by atoms with Gasteiger partial charge >= 0.3 is 0 Å². The Morgan fingerprint density at radius 2 is 2.16 bits per heavy atom. The lowest BCUT2D eigenvalue weighted by molar-refractivity contribution is -0.123. The van der Waals surface area contributed by atoms with E-state index in [9.17, 15) is 4.79 Å². The number of para-hydroxylation sites is 2. The zero-order valence-corrected chi connectivity index (χ0v) is 11.3. The molecule has 0 radical (unpaired) electrons. The lowest BCUT2D eigenvalue weighted by atomic mass is 10.1. The van der Waals surface area contributed by atoms with Gasteiger partial charge < -0.3 is 15.0 Å². The SMILES string of the molecule is CC(C)(CO)NC(=O)CCn1cnc2ccccc21. The number of hydrogen-bond acceptors (Lipinski definition) is 3. The molecule has 0 atom stereocenters. The van der Waals surface area contributed by atoms with E-state index >= 15 is 0 Å². The fourth-order valence-corrected chi connectivity index (χ4v) is 1.89. The van der Waals surface area contributed by atoms with E-state index in [2.05, 4.69) is 10.3 Å². The van der Waals surface area contributed by atoms with Gasteiger partial charge in [0.1, 0.15) is 0 Å². The number of aromatic nitrogens is 2. The van der Waals surface area contributed by atoms with Gasteiger partial charge in [0.2, 0.25) is 5.91 Å². The van der Waals surface area contributed by atoms with Crippen molar-refractivity contribution < 1.29 is 9.90 Å². The lowest BCUT2D eigenvalue weighted by Crippen LogP contribution is -2.46. The average molecular weight is 261 g/mol. The molecule has 5 nitrogen and oxygen atoms in total. The van der Waals surface area contributed by atoms with Crippen molar-refractivity contribution in [1.82, 2.24) is 14.9 Å². The standard InChI is InChI=1S/C14H19N3O2/c1-14(2,9-18)16-13(19)7-8-17-10-15-11-5-3-4-6-12(11)17/h3-6,10,18H,7-9H2,1-2H3,(H,16,19). The summed E-state index contributed by atoms with van der Waals surface area (Å²) < 4.78 is 1.96. The van der Waals surface area contributed by atoms with Crippen LogP contribution in [0.3, 0.4) is 0 Å². The molecule has 0 aliphatic carbocycles. The van der Waals surface area contributed by atoms with Crippen LogP contribution in [0.25, 0.3) is 11.0 Å². The maximum absolute atomic E-state index is 11.8. The molecule has 0 fully saturated rings. The molecule has 0 unspecified atom stereocenters. The molecule has 0 bridgehead atoms. The number of nitrogens with one attached hydrogen (secondary N) is 1. The Bertz CT molecular complexity index is 575. The summed E-state index contributed by atoms with van der Waals surface area (Å²) in [5, 5.41) is 11.9. The van der Waals surface area contributed by atoms with Gasteiger partial charge in [-0.05, 0) is 26.0 Å². The van der Waals surface area contributed by atoms with Crippen molar-refractivity contribution in [2.24, 2.45) is 0 Å². The number of nitrogens with zero attached hydrogens (tertiary/aromatic N) is 2. The van der Waals surface area contributed by atoms with Gasteiger partial charge in [-0.3, -0.25) is 4.79 Å². The Hall–Kier alpha value is -1.88. The minimum atomic E-state index is -0.575. The number of fused-ring (bicyclic) bond motifs is 1. The molecule has 0 saturated heterocycles. The first kappa shape index (κ1) is 13.5. The second-order valence-electron chi connectivity index (χ2n) is 5.27. The van der Waals surface area contributed by atoms with Gasteiger partial charge in [-0.2, -0.15) is 0 Å². The van der Waals surface area contributed by atoms with Crippen molar-refractivity contribution in [3.63, 3.8) is 0 Å². The average Bonchev–Trinajstić information content (AvgIpc) is 2.79. The number of carbonyl (C=O) groups excluding carboxylic acids is 1. The molecule has 1 amide bonds. The predicted molar refractivity (Wildman–Crippen MR) is 73.7 cm³/mol. The van der Waals surface area contributed by atoms with E-state index in [1.54, 1.807) is 20.2 Å². The van der Waals surface area contributed by atoms with Crippen molar-refractivity contribution in [2.45, 2.75) is 32.4 Å². The first-order valence-electron chi connectivity index (χ1n) is 6.33. The van der Waals surface area contributed by atoms with Crippen LogP contribution in [0.15, 0.2) is 30.6 Å². The predicted octanol–water partition coefficient (Wildman–Crippen LogP) is 1.31. The summed E-state index contributed by atoms with van der Waals surface area (Å²) in [5.74, 6) is -0.0724. The number of amides is 1. The van der Waals surface area contributed by atoms with Gasteiger partial charge in [0.15, 0.2) is 0 Å². The Balaban J connectivity index is 1.97. The molecule has 5 heteroatoms. The van der Waals surface area contributed by atoms with Crippen molar-refractivity contribution in [2.75, 3.05) is 6.61 Å². The second-order valence-corrected chi connectivity index (χ2v) is 5.27. The number of aliphatic hydroxyl groups excluding tert-OH is 1. The van der Waals surface area contributed by atoms with Gasteiger partial charge in [-0.1, -0.05) is 12.1 Å². The third kappa shape index (κ3) is 3.32. The van der Waals surface area contributed by atoms with Crippen LogP contribution in [0.2, 0.25) is 0 Å². The van der Waals surface area contributed by atoms with Crippen LogP contribution < -0.4 is 5.32 Å². The Labute approximate surface area is 112 Å². The fraction of sp³-hybridized carbons (Fsp3) is 0.429. The van der Waals surface area contributed by atoms with Gasteiger partial charge in [0.05, 0.1) is 29.5 Å². The zero-order chi connectivity index (χ0) is 13.9. The number of benzene rings is 1. The molecule has 1 heterocycles. The maximum atomic E-state index is 11.8. The van der Waals surface area contributed by atoms with Crippen LogP contribution in [-0.4, -0.2) is 32.7 Å². The number of hydrogen-bond donors (Lipinski definition) is 2. The number of aryl methyl sites for hydroxylation is 1. The number of rotatable bonds is 5. The first-order chi connectivity index (χ1) is 9.02. The molecule has 2 N–H and O–H groups in total. The van der Waals surface area contributed by atoms with Crippen LogP contribution in [0.1, 0.15) is 20.3 Å². The molecule has 0 aliphatic heterocycles. The topological polar surface area (TPSA) is 67.2 Å². The molecule has 19 heavy (non-hydrogen) atoms. The summed E-state index contributed by atoms with van der Waals surface area (Å²) >= 11 is 0. The van der Waals surface area contributed by atoms with Crippen LogP contribution in [0, 0.1) is 0 Å². The van der Waals surface area contributed by atoms with Crippen molar-refractivity contribution in [3.05, 3.63) is 30.6 Å². The molecule has 2 aromatic rings. The molecule has 0 spiro atoms. The van der Waals surface area contributed by atoms with E-state index in [1.165, 1.54) is 0 Å². The quantitative estimate of drug-likeness (QED) is 0.853. The lowest BCUT2D eigenvalue weighted by Gasteiger charge is -2.23. The summed E-state index contributed by atoms with van der Waals surface area (Å²) in [7, 11) is 0. The smallest absolute Gasteiger partial charge is 0.222 e. The van der Waals surface area contributed by atoms with E-state index < -0.39 is 5.54 Å². The van der Waals surface area contributed by atoms with Crippen LogP contribution >= 0.6 is 0 Å². The van der Waals surface area contributed by atoms with Crippen molar-refractivity contribution >= 4 is 16.9 Å². The van der Waals surface area contributed by atoms with Gasteiger partial charge in [-0.25, -0.2) is 4.98 Å². The third-order valence-corrected chi connectivity index (χ3v) is 2.98. The van der Waals surface area contributed by atoms with Gasteiger partial charge in [0.25, 0.3) is 0 Å². The highest BCUT2D eigenvalue weighted by atomic mass is 16.3. The molecular weight excluding hydrogens is 242 g/mol. The molecule has 102 valence electrons. The Morgan fingerprint density at radius 1 is 1.42 bits per heavy atom. The van der Waals surface area contributed by atoms with E-state index in [0.29, 0.717) is 13.0 Å². The summed E-state index contributed by atoms with van der Waals surface area (Å²) in [5.41, 5.74) is 1.38. The van der Waals surface area contributed by atoms with Gasteiger partial charge in [0, 0.05) is 13.0 Å². The minimum Gasteiger partial charge on any atom is -0.394 e. The molecule has 1 aromatic heterocycles. The third-order valence-electron chi connectivity index (χ3n) is 2.98. The number of carbonyl (C=O) groups is 1. The number of imidazole rings is 1. The van der Waals surface area contributed by atoms with E-state index in [0.717, 1.165) is 11.0 Å². The van der Waals surface area contributed by atoms with E-state index in [1.807, 2.05) is 28.8 Å². The van der Waals surface area contributed by atoms with Crippen molar-refractivity contribution in [3.8, 4) is 0 Å². The zero-order valence-electron chi connectivity index (χ0n) is 11.3.